The third-order valence-corrected chi connectivity index (χ3v) is 3.65. The average molecular weight is 246 g/mol. The van der Waals surface area contributed by atoms with Crippen LogP contribution in [-0.2, 0) is 11.3 Å². The van der Waals surface area contributed by atoms with Gasteiger partial charge >= 0.3 is 0 Å². The van der Waals surface area contributed by atoms with Crippen LogP contribution in [0.4, 0.5) is 0 Å². The molecular formula is C14H18N2O2. The quantitative estimate of drug-likeness (QED) is 0.898. The van der Waals surface area contributed by atoms with Gasteiger partial charge in [0.1, 0.15) is 0 Å². The fourth-order valence-corrected chi connectivity index (χ4v) is 2.58. The largest absolute Gasteiger partial charge is 0.391 e. The monoisotopic (exact) mass is 246 g/mol. The van der Waals surface area contributed by atoms with Crippen LogP contribution in [0, 0.1) is 5.92 Å². The molecule has 0 spiro atoms. The Morgan fingerprint density at radius 1 is 1.44 bits per heavy atom. The molecule has 1 aromatic carbocycles. The van der Waals surface area contributed by atoms with Gasteiger partial charge < -0.3 is 14.4 Å². The zero-order valence-corrected chi connectivity index (χ0v) is 10.3. The van der Waals surface area contributed by atoms with Gasteiger partial charge in [-0.3, -0.25) is 0 Å². The van der Waals surface area contributed by atoms with E-state index >= 15 is 0 Å². The molecule has 1 fully saturated rings. The number of benzene rings is 1. The maximum atomic E-state index is 10.3. The van der Waals surface area contributed by atoms with Crippen molar-refractivity contribution in [3.8, 4) is 0 Å². The number of nitrogens with zero attached hydrogens (tertiary/aromatic N) is 2. The van der Waals surface area contributed by atoms with Crippen molar-refractivity contribution >= 4 is 11.0 Å². The molecule has 1 aliphatic heterocycles. The average Bonchev–Trinajstić information content (AvgIpc) is 2.83. The number of aliphatic hydroxyl groups is 1. The molecule has 2 aromatic rings. The van der Waals surface area contributed by atoms with Gasteiger partial charge in [0, 0.05) is 12.5 Å². The van der Waals surface area contributed by atoms with E-state index in [-0.39, 0.29) is 12.0 Å². The molecule has 4 heteroatoms. The number of aromatic nitrogens is 2. The molecule has 2 heterocycles. The predicted molar refractivity (Wildman–Crippen MR) is 69.3 cm³/mol. The molecule has 0 radical (unpaired) electrons. The predicted octanol–water partition coefficient (Wildman–Crippen LogP) is 1.82. The van der Waals surface area contributed by atoms with Crippen LogP contribution in [0.2, 0.25) is 0 Å². The zero-order chi connectivity index (χ0) is 12.4. The highest BCUT2D eigenvalue weighted by molar-refractivity contribution is 5.74. The Kier molecular flexibility index (Phi) is 3.30. The Morgan fingerprint density at radius 3 is 3.17 bits per heavy atom. The summed E-state index contributed by atoms with van der Waals surface area (Å²) in [5, 5.41) is 10.3. The van der Waals surface area contributed by atoms with E-state index in [4.69, 9.17) is 4.74 Å². The van der Waals surface area contributed by atoms with E-state index in [1.54, 1.807) is 6.33 Å². The molecule has 0 bridgehead atoms. The number of ether oxygens (including phenoxy) is 1. The highest BCUT2D eigenvalue weighted by Crippen LogP contribution is 2.20. The highest BCUT2D eigenvalue weighted by Gasteiger charge is 2.22. The Morgan fingerprint density at radius 2 is 2.33 bits per heavy atom. The molecule has 2 unspecified atom stereocenters. The summed E-state index contributed by atoms with van der Waals surface area (Å²) < 4.78 is 7.45. The first-order valence-electron chi connectivity index (χ1n) is 6.50. The van der Waals surface area contributed by atoms with Crippen LogP contribution in [0.25, 0.3) is 11.0 Å². The van der Waals surface area contributed by atoms with Crippen molar-refractivity contribution in [3.63, 3.8) is 0 Å². The summed E-state index contributed by atoms with van der Waals surface area (Å²) >= 11 is 0. The second kappa shape index (κ2) is 5.08. The number of aliphatic hydroxyl groups excluding tert-OH is 1. The van der Waals surface area contributed by atoms with E-state index in [0.29, 0.717) is 13.2 Å². The van der Waals surface area contributed by atoms with Crippen LogP contribution in [0.15, 0.2) is 30.6 Å². The van der Waals surface area contributed by atoms with E-state index in [0.717, 1.165) is 30.5 Å². The van der Waals surface area contributed by atoms with Gasteiger partial charge in [-0.15, -0.1) is 0 Å². The lowest BCUT2D eigenvalue weighted by Crippen LogP contribution is -2.32. The lowest BCUT2D eigenvalue weighted by molar-refractivity contribution is -0.0146. The van der Waals surface area contributed by atoms with Gasteiger partial charge in [0.2, 0.25) is 0 Å². The standard InChI is InChI=1S/C14H18N2O2/c17-14(11-4-3-7-18-9-11)8-16-10-15-12-5-1-2-6-13(12)16/h1-2,5-6,10-11,14,17H,3-4,7-9H2. The topological polar surface area (TPSA) is 47.3 Å². The molecular weight excluding hydrogens is 228 g/mol. The minimum Gasteiger partial charge on any atom is -0.391 e. The van der Waals surface area contributed by atoms with Gasteiger partial charge in [-0.25, -0.2) is 4.98 Å². The Hall–Kier alpha value is -1.39. The van der Waals surface area contributed by atoms with E-state index < -0.39 is 0 Å². The summed E-state index contributed by atoms with van der Waals surface area (Å²) in [7, 11) is 0. The van der Waals surface area contributed by atoms with E-state index in [9.17, 15) is 5.11 Å². The number of imidazole rings is 1. The molecule has 3 rings (SSSR count). The Labute approximate surface area is 106 Å². The summed E-state index contributed by atoms with van der Waals surface area (Å²) in [5.74, 6) is 0.250. The van der Waals surface area contributed by atoms with Crippen LogP contribution in [0.1, 0.15) is 12.8 Å². The third kappa shape index (κ3) is 2.26. The van der Waals surface area contributed by atoms with E-state index in [2.05, 4.69) is 4.98 Å². The SMILES string of the molecule is OC(Cn1cnc2ccccc21)C1CCCOC1. The maximum absolute atomic E-state index is 10.3. The minimum absolute atomic E-state index is 0.250. The second-order valence-corrected chi connectivity index (χ2v) is 4.93. The van der Waals surface area contributed by atoms with Crippen molar-refractivity contribution in [2.45, 2.75) is 25.5 Å². The lowest BCUT2D eigenvalue weighted by atomic mass is 9.96. The minimum atomic E-state index is -0.358. The maximum Gasteiger partial charge on any atom is 0.0959 e. The third-order valence-electron chi connectivity index (χ3n) is 3.65. The second-order valence-electron chi connectivity index (χ2n) is 4.93. The molecule has 0 aliphatic carbocycles. The number of hydrogen-bond donors (Lipinski definition) is 1. The van der Waals surface area contributed by atoms with Gasteiger partial charge in [0.25, 0.3) is 0 Å². The van der Waals surface area contributed by atoms with Crippen LogP contribution in [0.5, 0.6) is 0 Å². The molecule has 1 aromatic heterocycles. The molecule has 0 saturated carbocycles. The molecule has 4 nitrogen and oxygen atoms in total. The van der Waals surface area contributed by atoms with Crippen LogP contribution in [-0.4, -0.2) is 34.0 Å². The van der Waals surface area contributed by atoms with Crippen molar-refractivity contribution in [3.05, 3.63) is 30.6 Å². The van der Waals surface area contributed by atoms with Crippen molar-refractivity contribution in [2.75, 3.05) is 13.2 Å². The zero-order valence-electron chi connectivity index (χ0n) is 10.3. The van der Waals surface area contributed by atoms with Gasteiger partial charge in [0.15, 0.2) is 0 Å². The van der Waals surface area contributed by atoms with E-state index in [1.807, 2.05) is 28.8 Å². The summed E-state index contributed by atoms with van der Waals surface area (Å²) in [5.41, 5.74) is 2.05. The summed E-state index contributed by atoms with van der Waals surface area (Å²) in [6, 6.07) is 8.00. The number of para-hydroxylation sites is 2. The number of fused-ring (bicyclic) bond motifs is 1. The number of hydrogen-bond acceptors (Lipinski definition) is 3. The summed E-state index contributed by atoms with van der Waals surface area (Å²) in [6.07, 6.45) is 3.54. The van der Waals surface area contributed by atoms with Gasteiger partial charge in [-0.05, 0) is 25.0 Å². The van der Waals surface area contributed by atoms with Gasteiger partial charge in [-0.2, -0.15) is 0 Å². The first-order valence-corrected chi connectivity index (χ1v) is 6.50. The fraction of sp³-hybridized carbons (Fsp3) is 0.500. The van der Waals surface area contributed by atoms with E-state index in [1.165, 1.54) is 0 Å². The molecule has 1 saturated heterocycles. The summed E-state index contributed by atoms with van der Waals surface area (Å²) in [4.78, 5) is 4.34. The molecule has 1 aliphatic rings. The summed E-state index contributed by atoms with van der Waals surface area (Å²) in [6.45, 7) is 2.10. The van der Waals surface area contributed by atoms with Crippen LogP contribution < -0.4 is 0 Å². The number of rotatable bonds is 3. The Balaban J connectivity index is 1.75. The van der Waals surface area contributed by atoms with Crippen molar-refractivity contribution in [1.29, 1.82) is 0 Å². The fourth-order valence-electron chi connectivity index (χ4n) is 2.58. The Bertz CT molecular complexity index is 517. The first-order chi connectivity index (χ1) is 8.84. The smallest absolute Gasteiger partial charge is 0.0959 e. The van der Waals surface area contributed by atoms with Crippen molar-refractivity contribution in [1.82, 2.24) is 9.55 Å². The molecule has 2 atom stereocenters. The molecule has 96 valence electrons. The van der Waals surface area contributed by atoms with Crippen LogP contribution in [0.3, 0.4) is 0 Å². The normalized spacial score (nSPS) is 22.2. The van der Waals surface area contributed by atoms with Crippen molar-refractivity contribution in [2.24, 2.45) is 5.92 Å². The van der Waals surface area contributed by atoms with Crippen molar-refractivity contribution < 1.29 is 9.84 Å². The lowest BCUT2D eigenvalue weighted by Gasteiger charge is -2.27. The van der Waals surface area contributed by atoms with Gasteiger partial charge in [-0.1, -0.05) is 12.1 Å². The molecule has 18 heavy (non-hydrogen) atoms. The van der Waals surface area contributed by atoms with Crippen LogP contribution >= 0.6 is 0 Å². The highest BCUT2D eigenvalue weighted by atomic mass is 16.5. The first kappa shape index (κ1) is 11.7. The molecule has 0 amide bonds. The molecule has 1 N–H and O–H groups in total. The van der Waals surface area contributed by atoms with Gasteiger partial charge in [0.05, 0.1) is 36.6 Å².